The van der Waals surface area contributed by atoms with Gasteiger partial charge >= 0.3 is 0 Å². The Kier molecular flexibility index (Phi) is 2.16. The summed E-state index contributed by atoms with van der Waals surface area (Å²) in [6.45, 7) is 6.77. The first kappa shape index (κ1) is 11.4. The Morgan fingerprint density at radius 2 is 2.00 bits per heavy atom. The highest BCUT2D eigenvalue weighted by atomic mass is 15.4. The monoisotopic (exact) mass is 265 g/mol. The molecule has 4 rings (SSSR count). The van der Waals surface area contributed by atoms with Gasteiger partial charge in [-0.05, 0) is 32.9 Å². The predicted octanol–water partition coefficient (Wildman–Crippen LogP) is 2.42. The summed E-state index contributed by atoms with van der Waals surface area (Å²) in [6, 6.07) is 6.42. The minimum atomic E-state index is 0.704. The number of rotatable bonds is 0. The average Bonchev–Trinajstić information content (AvgIpc) is 2.92. The minimum Gasteiger partial charge on any atom is -0.300 e. The minimum absolute atomic E-state index is 0.704. The molecule has 2 aromatic heterocycles. The third-order valence-corrected chi connectivity index (χ3v) is 3.80. The molecule has 0 bridgehead atoms. The second kappa shape index (κ2) is 3.79. The number of nitrogens with zero attached hydrogens (tertiary/aromatic N) is 5. The lowest BCUT2D eigenvalue weighted by atomic mass is 10.1. The van der Waals surface area contributed by atoms with Crippen LogP contribution in [0.3, 0.4) is 0 Å². The Morgan fingerprint density at radius 3 is 2.85 bits per heavy atom. The lowest BCUT2D eigenvalue weighted by Crippen LogP contribution is -2.05. The van der Waals surface area contributed by atoms with Gasteiger partial charge in [-0.25, -0.2) is 14.6 Å². The maximum Gasteiger partial charge on any atom is 0.160 e. The number of imidazole rings is 1. The molecule has 0 radical (unpaired) electrons. The molecule has 0 atom stereocenters. The normalized spacial score (nSPS) is 12.6. The van der Waals surface area contributed by atoms with Gasteiger partial charge < -0.3 is 4.57 Å². The van der Waals surface area contributed by atoms with Gasteiger partial charge in [0.05, 0.1) is 29.9 Å². The smallest absolute Gasteiger partial charge is 0.160 e. The van der Waals surface area contributed by atoms with Gasteiger partial charge in [-0.15, -0.1) is 0 Å². The van der Waals surface area contributed by atoms with E-state index in [9.17, 15) is 0 Å². The van der Waals surface area contributed by atoms with Gasteiger partial charge in [-0.3, -0.25) is 0 Å². The summed E-state index contributed by atoms with van der Waals surface area (Å²) in [5.74, 6) is 1.74. The first-order chi connectivity index (χ1) is 9.63. The molecule has 0 saturated heterocycles. The van der Waals surface area contributed by atoms with Gasteiger partial charge in [0.1, 0.15) is 5.82 Å². The van der Waals surface area contributed by atoms with Crippen LogP contribution in [0.4, 0.5) is 0 Å². The quantitative estimate of drug-likeness (QED) is 0.490. The van der Waals surface area contributed by atoms with Crippen molar-refractivity contribution in [1.29, 1.82) is 0 Å². The summed E-state index contributed by atoms with van der Waals surface area (Å²) in [5.41, 5.74) is 5.66. The zero-order chi connectivity index (χ0) is 13.9. The summed E-state index contributed by atoms with van der Waals surface area (Å²) in [6.07, 6.45) is 1.89. The Bertz CT molecular complexity index is 825. The molecular formula is C15H15N5. The van der Waals surface area contributed by atoms with Crippen molar-refractivity contribution >= 4 is 0 Å². The van der Waals surface area contributed by atoms with Gasteiger partial charge in [0.15, 0.2) is 5.82 Å². The first-order valence-electron chi connectivity index (χ1n) is 6.69. The van der Waals surface area contributed by atoms with Crippen LogP contribution in [0.2, 0.25) is 0 Å². The maximum absolute atomic E-state index is 4.60. The number of hydrogen-bond donors (Lipinski definition) is 0. The molecule has 1 aromatic carbocycles. The molecule has 0 fully saturated rings. The SMILES string of the molecule is Cc1ccc2c(c1)-c1nc(C)nn1Cc1c(C)ncn1-2. The highest BCUT2D eigenvalue weighted by Gasteiger charge is 2.23. The van der Waals surface area contributed by atoms with Crippen molar-refractivity contribution in [3.05, 3.63) is 47.3 Å². The fourth-order valence-electron chi connectivity index (χ4n) is 2.81. The van der Waals surface area contributed by atoms with Gasteiger partial charge in [0, 0.05) is 5.56 Å². The van der Waals surface area contributed by atoms with Crippen molar-refractivity contribution in [2.75, 3.05) is 0 Å². The molecule has 100 valence electrons. The molecule has 0 saturated carbocycles. The van der Waals surface area contributed by atoms with Crippen LogP contribution in [0.5, 0.6) is 0 Å². The third-order valence-electron chi connectivity index (χ3n) is 3.80. The zero-order valence-electron chi connectivity index (χ0n) is 11.8. The Labute approximate surface area is 116 Å². The van der Waals surface area contributed by atoms with E-state index in [0.717, 1.165) is 28.6 Å². The van der Waals surface area contributed by atoms with E-state index < -0.39 is 0 Å². The molecular weight excluding hydrogens is 250 g/mol. The number of aryl methyl sites for hydroxylation is 3. The lowest BCUT2D eigenvalue weighted by molar-refractivity contribution is 0.668. The molecule has 0 N–H and O–H groups in total. The standard InChI is InChI=1S/C15H15N5/c1-9-4-5-13-12(6-9)15-17-11(3)18-20(15)7-14-10(2)16-8-19(13)14/h4-6,8H,7H2,1-3H3. The highest BCUT2D eigenvalue weighted by Crippen LogP contribution is 2.31. The summed E-state index contributed by atoms with van der Waals surface area (Å²) in [5, 5.41) is 4.52. The van der Waals surface area contributed by atoms with Crippen LogP contribution in [-0.4, -0.2) is 24.3 Å². The van der Waals surface area contributed by atoms with E-state index in [1.807, 2.05) is 24.9 Å². The van der Waals surface area contributed by atoms with Crippen LogP contribution in [0.1, 0.15) is 22.8 Å². The Hall–Kier alpha value is -2.43. The zero-order valence-corrected chi connectivity index (χ0v) is 11.8. The Balaban J connectivity index is 2.12. The van der Waals surface area contributed by atoms with E-state index in [4.69, 9.17) is 0 Å². The maximum atomic E-state index is 4.60. The number of hydrogen-bond acceptors (Lipinski definition) is 3. The summed E-state index contributed by atoms with van der Waals surface area (Å²) in [7, 11) is 0. The van der Waals surface area contributed by atoms with Crippen molar-refractivity contribution in [3.63, 3.8) is 0 Å². The highest BCUT2D eigenvalue weighted by molar-refractivity contribution is 5.70. The van der Waals surface area contributed by atoms with Crippen LogP contribution >= 0.6 is 0 Å². The molecule has 3 heterocycles. The number of benzene rings is 1. The molecule has 0 aliphatic carbocycles. The molecule has 1 aliphatic rings. The molecule has 20 heavy (non-hydrogen) atoms. The van der Waals surface area contributed by atoms with Gasteiger partial charge in [0.2, 0.25) is 0 Å². The van der Waals surface area contributed by atoms with E-state index in [-0.39, 0.29) is 0 Å². The topological polar surface area (TPSA) is 48.5 Å². The molecule has 0 spiro atoms. The second-order valence-electron chi connectivity index (χ2n) is 5.31. The summed E-state index contributed by atoms with van der Waals surface area (Å²) in [4.78, 5) is 9.05. The van der Waals surface area contributed by atoms with Crippen LogP contribution in [0.15, 0.2) is 24.5 Å². The first-order valence-corrected chi connectivity index (χ1v) is 6.69. The van der Waals surface area contributed by atoms with Crippen molar-refractivity contribution in [2.45, 2.75) is 27.3 Å². The van der Waals surface area contributed by atoms with Crippen LogP contribution in [0, 0.1) is 20.8 Å². The van der Waals surface area contributed by atoms with Gasteiger partial charge in [-0.1, -0.05) is 11.6 Å². The van der Waals surface area contributed by atoms with Crippen LogP contribution < -0.4 is 0 Å². The summed E-state index contributed by atoms with van der Waals surface area (Å²) >= 11 is 0. The van der Waals surface area contributed by atoms with Crippen molar-refractivity contribution in [2.24, 2.45) is 0 Å². The number of fused-ring (bicyclic) bond motifs is 5. The largest absolute Gasteiger partial charge is 0.300 e. The molecule has 5 nitrogen and oxygen atoms in total. The van der Waals surface area contributed by atoms with Gasteiger partial charge in [-0.2, -0.15) is 5.10 Å². The predicted molar refractivity (Wildman–Crippen MR) is 75.9 cm³/mol. The number of aromatic nitrogens is 5. The van der Waals surface area contributed by atoms with Crippen molar-refractivity contribution in [3.8, 4) is 17.1 Å². The third kappa shape index (κ3) is 1.46. The van der Waals surface area contributed by atoms with E-state index in [2.05, 4.69) is 44.8 Å². The molecule has 1 aliphatic heterocycles. The van der Waals surface area contributed by atoms with Crippen LogP contribution in [0.25, 0.3) is 17.1 Å². The van der Waals surface area contributed by atoms with E-state index in [1.54, 1.807) is 0 Å². The van der Waals surface area contributed by atoms with E-state index in [1.165, 1.54) is 11.3 Å². The molecule has 3 aromatic rings. The summed E-state index contributed by atoms with van der Waals surface area (Å²) < 4.78 is 4.12. The Morgan fingerprint density at radius 1 is 1.15 bits per heavy atom. The van der Waals surface area contributed by atoms with Crippen molar-refractivity contribution < 1.29 is 0 Å². The van der Waals surface area contributed by atoms with Gasteiger partial charge in [0.25, 0.3) is 0 Å². The fraction of sp³-hybridized carbons (Fsp3) is 0.267. The van der Waals surface area contributed by atoms with E-state index in [0.29, 0.717) is 6.54 Å². The molecule has 0 amide bonds. The average molecular weight is 265 g/mol. The fourth-order valence-corrected chi connectivity index (χ4v) is 2.81. The van der Waals surface area contributed by atoms with Crippen LogP contribution in [-0.2, 0) is 6.54 Å². The lowest BCUT2D eigenvalue weighted by Gasteiger charge is -2.09. The molecule has 5 heteroatoms. The van der Waals surface area contributed by atoms with E-state index >= 15 is 0 Å². The molecule has 0 unspecified atom stereocenters. The van der Waals surface area contributed by atoms with Crippen molar-refractivity contribution in [1.82, 2.24) is 24.3 Å². The second-order valence-corrected chi connectivity index (χ2v) is 5.31.